The van der Waals surface area contributed by atoms with E-state index in [4.69, 9.17) is 0 Å². The van der Waals surface area contributed by atoms with E-state index >= 15 is 26.3 Å². The number of nitrogens with zero attached hydrogens (tertiary/aromatic N) is 3. The molecule has 0 aliphatic carbocycles. The van der Waals surface area contributed by atoms with Crippen molar-refractivity contribution in [1.29, 1.82) is 5.26 Å². The van der Waals surface area contributed by atoms with Gasteiger partial charge in [-0.25, -0.2) is 0 Å². The van der Waals surface area contributed by atoms with E-state index in [0.29, 0.717) is 40.3 Å². The molecule has 3 nitrogen and oxygen atoms in total. The fourth-order valence-corrected chi connectivity index (χ4v) is 12.3. The summed E-state index contributed by atoms with van der Waals surface area (Å²) in [5, 5.41) is 14.2. The van der Waals surface area contributed by atoms with E-state index in [9.17, 15) is 5.26 Å². The average molecular weight is 1060 g/mol. The fourth-order valence-electron chi connectivity index (χ4n) is 12.3. The lowest BCUT2D eigenvalue weighted by Crippen LogP contribution is -2.13. The molecule has 10 aromatic carbocycles. The topological polar surface area (TPSA) is 33.6 Å². The Balaban J connectivity index is 1.25. The van der Waals surface area contributed by atoms with Crippen molar-refractivity contribution in [2.45, 2.75) is 67.7 Å². The first-order valence-electron chi connectivity index (χ1n) is 26.5. The van der Waals surface area contributed by atoms with Crippen LogP contribution in [0, 0.1) is 66.7 Å². The van der Waals surface area contributed by atoms with Crippen molar-refractivity contribution in [2.75, 3.05) is 0 Å². The number of hydrogen-bond donors (Lipinski definition) is 0. The van der Waals surface area contributed by atoms with Crippen molar-refractivity contribution in [3.63, 3.8) is 0 Å². The summed E-state index contributed by atoms with van der Waals surface area (Å²) in [5.41, 5.74) is 15.4. The summed E-state index contributed by atoms with van der Waals surface area (Å²) >= 11 is 0. The highest BCUT2D eigenvalue weighted by atomic mass is 19.4. The molecule has 0 saturated carbocycles. The molecule has 0 fully saturated rings. The van der Waals surface area contributed by atoms with Crippen LogP contribution < -0.4 is 0 Å². The Morgan fingerprint density at radius 1 is 0.338 bits per heavy atom. The van der Waals surface area contributed by atoms with Crippen LogP contribution >= 0.6 is 0 Å². The van der Waals surface area contributed by atoms with Gasteiger partial charge >= 0.3 is 12.4 Å². The van der Waals surface area contributed by atoms with E-state index in [1.54, 1.807) is 0 Å². The summed E-state index contributed by atoms with van der Waals surface area (Å²) in [6.07, 6.45) is -10.1. The third-order valence-electron chi connectivity index (χ3n) is 15.9. The molecule has 0 spiro atoms. The van der Waals surface area contributed by atoms with Gasteiger partial charge in [-0.05, 0) is 207 Å². The minimum absolute atomic E-state index is 0.0851. The summed E-state index contributed by atoms with van der Waals surface area (Å²) in [4.78, 5) is 0. The fraction of sp³-hybridized carbons (Fsp3) is 0.141. The lowest BCUT2D eigenvalue weighted by Gasteiger charge is -2.24. The first-order valence-corrected chi connectivity index (χ1v) is 26.5. The SMILES string of the molecule is Cc1ccc(-c2ccc3c(c2)c2cc(-c4ccc(C)cc4C)ccc2n3-c2cc(C#N)cc(-n3c4ccc(-c5ccc(C)cc5C)cc4c4cc(-c5ccc(C)cc5C)ccc43)c2-c2cc(C(F)(F)F)ccc2C(F)(F)F)c(C)c1. The van der Waals surface area contributed by atoms with Crippen LogP contribution in [0.2, 0.25) is 0 Å². The number of fused-ring (bicyclic) bond motifs is 6. The predicted molar refractivity (Wildman–Crippen MR) is 315 cm³/mol. The van der Waals surface area contributed by atoms with Gasteiger partial charge in [0, 0.05) is 27.1 Å². The van der Waals surface area contributed by atoms with E-state index in [1.165, 1.54) is 12.1 Å². The van der Waals surface area contributed by atoms with Gasteiger partial charge in [-0.2, -0.15) is 31.6 Å². The molecule has 0 radical (unpaired) electrons. The third-order valence-corrected chi connectivity index (χ3v) is 15.9. The van der Waals surface area contributed by atoms with Crippen LogP contribution in [0.5, 0.6) is 0 Å². The number of aromatic nitrogens is 2. The van der Waals surface area contributed by atoms with Crippen LogP contribution in [0.1, 0.15) is 61.2 Å². The van der Waals surface area contributed by atoms with E-state index in [1.807, 2.05) is 137 Å². The number of benzene rings is 10. The van der Waals surface area contributed by atoms with E-state index < -0.39 is 29.0 Å². The summed E-state index contributed by atoms with van der Waals surface area (Å²) in [5.74, 6) is 0. The smallest absolute Gasteiger partial charge is 0.308 e. The zero-order valence-electron chi connectivity index (χ0n) is 45.4. The zero-order chi connectivity index (χ0) is 56.3. The van der Waals surface area contributed by atoms with Gasteiger partial charge in [0.25, 0.3) is 0 Å². The lowest BCUT2D eigenvalue weighted by atomic mass is 9.92. The van der Waals surface area contributed by atoms with Crippen LogP contribution in [-0.2, 0) is 12.4 Å². The average Bonchev–Trinajstić information content (AvgIpc) is 2.97. The molecule has 2 aromatic heterocycles. The van der Waals surface area contributed by atoms with Crippen molar-refractivity contribution < 1.29 is 26.3 Å². The Morgan fingerprint density at radius 2 is 0.662 bits per heavy atom. The lowest BCUT2D eigenvalue weighted by molar-refractivity contribution is -0.141. The number of halogens is 6. The molecule has 0 saturated heterocycles. The minimum Gasteiger partial charge on any atom is -0.308 e. The normalized spacial score (nSPS) is 12.1. The van der Waals surface area contributed by atoms with Gasteiger partial charge in [-0.3, -0.25) is 0 Å². The molecule has 2 heterocycles. The number of nitriles is 1. The largest absolute Gasteiger partial charge is 0.417 e. The molecule has 0 aliphatic heterocycles. The molecular formula is C71H53F6N3. The van der Waals surface area contributed by atoms with Crippen LogP contribution in [0.4, 0.5) is 26.3 Å². The first kappa shape index (κ1) is 51.6. The van der Waals surface area contributed by atoms with E-state index in [0.717, 1.165) is 111 Å². The summed E-state index contributed by atoms with van der Waals surface area (Å²) < 4.78 is 97.1. The zero-order valence-corrected chi connectivity index (χ0v) is 45.4. The highest BCUT2D eigenvalue weighted by molar-refractivity contribution is 6.15. The highest BCUT2D eigenvalue weighted by Crippen LogP contribution is 2.49. The second kappa shape index (κ2) is 19.1. The van der Waals surface area contributed by atoms with Crippen molar-refractivity contribution in [2.24, 2.45) is 0 Å². The van der Waals surface area contributed by atoms with Gasteiger partial charge in [0.1, 0.15) is 0 Å². The van der Waals surface area contributed by atoms with Gasteiger partial charge < -0.3 is 9.13 Å². The Morgan fingerprint density at radius 3 is 0.938 bits per heavy atom. The summed E-state index contributed by atoms with van der Waals surface area (Å²) in [6, 6.07) is 55.7. The molecule has 12 rings (SSSR count). The maximum atomic E-state index is 16.0. The van der Waals surface area contributed by atoms with Crippen molar-refractivity contribution in [3.8, 4) is 73.1 Å². The Labute approximate surface area is 460 Å². The molecule has 394 valence electrons. The van der Waals surface area contributed by atoms with E-state index in [-0.39, 0.29) is 22.5 Å². The number of rotatable bonds is 7. The molecule has 80 heavy (non-hydrogen) atoms. The standard InChI is InChI=1S/C71H53F6N3/c1-39-9-18-53(43(5)27-39)48-13-23-63-57(33-48)58-34-49(54-19-10-40(2)28-44(54)6)14-24-64(58)79(63)67-31-47(38-78)32-68(69(67)61-37-52(70(72,73)74)17-22-62(61)71(75,76)77)80-65-25-15-50(55-20-11-41(3)29-45(55)7)35-59(65)60-36-51(16-26-66(60)80)56-21-12-42(4)30-46(56)8/h9-37H,1-8H3. The Hall–Kier alpha value is -9.13. The number of aryl methyl sites for hydroxylation is 8. The molecule has 0 N–H and O–H groups in total. The number of hydrogen-bond acceptors (Lipinski definition) is 1. The molecular weight excluding hydrogens is 1010 g/mol. The quantitative estimate of drug-likeness (QED) is 0.146. The second-order valence-electron chi connectivity index (χ2n) is 21.6. The molecule has 0 amide bonds. The van der Waals surface area contributed by atoms with Gasteiger partial charge in [-0.1, -0.05) is 119 Å². The first-order chi connectivity index (χ1) is 38.1. The monoisotopic (exact) mass is 1060 g/mol. The van der Waals surface area contributed by atoms with Crippen LogP contribution in [0.3, 0.4) is 0 Å². The summed E-state index contributed by atoms with van der Waals surface area (Å²) in [7, 11) is 0. The molecule has 0 atom stereocenters. The molecule has 12 aromatic rings. The van der Waals surface area contributed by atoms with Gasteiger partial charge in [0.15, 0.2) is 0 Å². The van der Waals surface area contributed by atoms with Crippen molar-refractivity contribution >= 4 is 43.6 Å². The molecule has 0 bridgehead atoms. The Kier molecular flexibility index (Phi) is 12.3. The van der Waals surface area contributed by atoms with Crippen molar-refractivity contribution in [3.05, 3.63) is 237 Å². The third kappa shape index (κ3) is 8.80. The van der Waals surface area contributed by atoms with Crippen LogP contribution in [-0.4, -0.2) is 9.13 Å². The number of alkyl halides is 6. The molecule has 0 aliphatic rings. The van der Waals surface area contributed by atoms with E-state index in [2.05, 4.69) is 78.9 Å². The second-order valence-corrected chi connectivity index (χ2v) is 21.6. The maximum Gasteiger partial charge on any atom is 0.417 e. The van der Waals surface area contributed by atoms with Crippen LogP contribution in [0.15, 0.2) is 176 Å². The summed E-state index contributed by atoms with van der Waals surface area (Å²) in [6.45, 7) is 16.3. The predicted octanol–water partition coefficient (Wildman–Crippen LogP) is 20.6. The molecule has 0 unspecified atom stereocenters. The van der Waals surface area contributed by atoms with Crippen LogP contribution in [0.25, 0.3) is 111 Å². The van der Waals surface area contributed by atoms with Gasteiger partial charge in [0.05, 0.1) is 56.2 Å². The molecule has 9 heteroatoms. The van der Waals surface area contributed by atoms with Crippen molar-refractivity contribution in [1.82, 2.24) is 9.13 Å². The highest BCUT2D eigenvalue weighted by Gasteiger charge is 2.39. The maximum absolute atomic E-state index is 16.0. The Bertz CT molecular complexity index is 4150. The minimum atomic E-state index is -5.12. The van der Waals surface area contributed by atoms with Gasteiger partial charge in [0.2, 0.25) is 0 Å². The van der Waals surface area contributed by atoms with Gasteiger partial charge in [-0.15, -0.1) is 0 Å².